The smallest absolute Gasteiger partial charge is 0.226 e. The number of ether oxygens (including phenoxy) is 1. The number of hydrogen-bond donors (Lipinski definition) is 1. The normalized spacial score (nSPS) is 10.4. The minimum atomic E-state index is -0.0334. The van der Waals surface area contributed by atoms with Gasteiger partial charge in [0.05, 0.1) is 19.2 Å². The molecule has 112 valence electrons. The van der Waals surface area contributed by atoms with Crippen molar-refractivity contribution < 1.29 is 14.1 Å². The fourth-order valence-corrected chi connectivity index (χ4v) is 1.94. The summed E-state index contributed by atoms with van der Waals surface area (Å²) in [5, 5.41) is 6.80. The number of carbonyl (C=O) groups excluding carboxylic acids is 1. The molecule has 1 heterocycles. The van der Waals surface area contributed by atoms with E-state index in [2.05, 4.69) is 17.4 Å². The Morgan fingerprint density at radius 2 is 2.24 bits per heavy atom. The first kappa shape index (κ1) is 15.1. The van der Waals surface area contributed by atoms with Crippen molar-refractivity contribution in [3.63, 3.8) is 0 Å². The van der Waals surface area contributed by atoms with Gasteiger partial charge in [0.25, 0.3) is 0 Å². The molecule has 0 aliphatic rings. The molecule has 0 saturated carbocycles. The molecule has 0 saturated heterocycles. The number of benzene rings is 1. The number of nitrogens with zero attached hydrogens (tertiary/aromatic N) is 1. The molecule has 2 aromatic rings. The van der Waals surface area contributed by atoms with Gasteiger partial charge in [0.2, 0.25) is 5.91 Å². The zero-order chi connectivity index (χ0) is 15.1. The van der Waals surface area contributed by atoms with Gasteiger partial charge in [-0.3, -0.25) is 4.79 Å². The van der Waals surface area contributed by atoms with Crippen LogP contribution in [0, 0.1) is 0 Å². The zero-order valence-corrected chi connectivity index (χ0v) is 12.4. The van der Waals surface area contributed by atoms with Crippen LogP contribution < -0.4 is 10.1 Å². The van der Waals surface area contributed by atoms with Crippen LogP contribution in [0.1, 0.15) is 25.5 Å². The van der Waals surface area contributed by atoms with E-state index in [1.54, 1.807) is 13.2 Å². The number of carbonyl (C=O) groups is 1. The third kappa shape index (κ3) is 4.34. The van der Waals surface area contributed by atoms with Crippen LogP contribution in [-0.2, 0) is 11.2 Å². The van der Waals surface area contributed by atoms with E-state index in [0.29, 0.717) is 18.0 Å². The predicted octanol–water partition coefficient (Wildman–Crippen LogP) is 2.81. The van der Waals surface area contributed by atoms with Gasteiger partial charge in [0.15, 0.2) is 5.76 Å². The molecule has 0 bridgehead atoms. The lowest BCUT2D eigenvalue weighted by Gasteiger charge is -2.01. The number of rotatable bonds is 7. The van der Waals surface area contributed by atoms with Gasteiger partial charge in [-0.05, 0) is 18.6 Å². The molecule has 0 spiro atoms. The molecule has 5 nitrogen and oxygen atoms in total. The summed E-state index contributed by atoms with van der Waals surface area (Å²) in [5.74, 6) is 1.35. The van der Waals surface area contributed by atoms with Gasteiger partial charge in [-0.1, -0.05) is 30.6 Å². The Kier molecular flexibility index (Phi) is 5.37. The Balaban J connectivity index is 1.99. The summed E-state index contributed by atoms with van der Waals surface area (Å²) in [6.45, 7) is 2.79. The molecule has 0 radical (unpaired) electrons. The molecule has 0 atom stereocenters. The van der Waals surface area contributed by atoms with Crippen LogP contribution in [0.3, 0.4) is 0 Å². The second kappa shape index (κ2) is 7.47. The number of nitrogens with one attached hydrogen (secondary N) is 1. The van der Waals surface area contributed by atoms with Crippen molar-refractivity contribution in [2.45, 2.75) is 26.2 Å². The lowest BCUT2D eigenvalue weighted by atomic mass is 10.1. The Labute approximate surface area is 124 Å². The van der Waals surface area contributed by atoms with Gasteiger partial charge in [-0.25, -0.2) is 0 Å². The summed E-state index contributed by atoms with van der Waals surface area (Å²) in [6, 6.07) is 9.31. The Morgan fingerprint density at radius 3 is 3.00 bits per heavy atom. The van der Waals surface area contributed by atoms with Crippen molar-refractivity contribution in [1.82, 2.24) is 10.5 Å². The molecular weight excluding hydrogens is 268 g/mol. The van der Waals surface area contributed by atoms with E-state index in [4.69, 9.17) is 9.26 Å². The van der Waals surface area contributed by atoms with Crippen molar-refractivity contribution in [3.8, 4) is 17.1 Å². The van der Waals surface area contributed by atoms with Crippen molar-refractivity contribution >= 4 is 5.91 Å². The predicted molar refractivity (Wildman–Crippen MR) is 80.1 cm³/mol. The van der Waals surface area contributed by atoms with Gasteiger partial charge in [0, 0.05) is 18.2 Å². The fourth-order valence-electron chi connectivity index (χ4n) is 1.94. The highest BCUT2D eigenvalue weighted by Crippen LogP contribution is 2.24. The first-order valence-corrected chi connectivity index (χ1v) is 7.09. The fraction of sp³-hybridized carbons (Fsp3) is 0.375. The lowest BCUT2D eigenvalue weighted by molar-refractivity contribution is -0.120. The van der Waals surface area contributed by atoms with E-state index in [0.717, 1.165) is 24.2 Å². The summed E-state index contributed by atoms with van der Waals surface area (Å²) in [7, 11) is 1.62. The third-order valence-electron chi connectivity index (χ3n) is 3.11. The molecule has 1 aromatic carbocycles. The molecule has 2 rings (SSSR count). The van der Waals surface area contributed by atoms with Gasteiger partial charge in [-0.15, -0.1) is 0 Å². The average molecular weight is 288 g/mol. The minimum absolute atomic E-state index is 0.0334. The summed E-state index contributed by atoms with van der Waals surface area (Å²) in [5.41, 5.74) is 1.50. The average Bonchev–Trinajstić information content (AvgIpc) is 2.96. The van der Waals surface area contributed by atoms with Crippen molar-refractivity contribution in [1.29, 1.82) is 0 Å². The quantitative estimate of drug-likeness (QED) is 0.796. The third-order valence-corrected chi connectivity index (χ3v) is 3.11. The largest absolute Gasteiger partial charge is 0.497 e. The highest BCUT2D eigenvalue weighted by molar-refractivity contribution is 5.78. The summed E-state index contributed by atoms with van der Waals surface area (Å²) in [4.78, 5) is 11.7. The maximum Gasteiger partial charge on any atom is 0.226 e. The van der Waals surface area contributed by atoms with Crippen LogP contribution in [0.2, 0.25) is 0 Å². The van der Waals surface area contributed by atoms with E-state index in [1.165, 1.54) is 0 Å². The molecule has 0 unspecified atom stereocenters. The summed E-state index contributed by atoms with van der Waals surface area (Å²) >= 11 is 0. The number of aromatic nitrogens is 1. The van der Waals surface area contributed by atoms with E-state index in [1.807, 2.05) is 24.3 Å². The first-order valence-electron chi connectivity index (χ1n) is 7.09. The molecule has 21 heavy (non-hydrogen) atoms. The topological polar surface area (TPSA) is 64.4 Å². The molecule has 0 aliphatic heterocycles. The second-order valence-electron chi connectivity index (χ2n) is 4.79. The molecule has 0 fully saturated rings. The van der Waals surface area contributed by atoms with Gasteiger partial charge in [0.1, 0.15) is 5.75 Å². The number of amides is 1. The van der Waals surface area contributed by atoms with Crippen LogP contribution in [0.15, 0.2) is 34.9 Å². The highest BCUT2D eigenvalue weighted by Gasteiger charge is 2.10. The standard InChI is InChI=1S/C16H20N2O3/c1-3-4-8-17-16(19)11-13-10-15(21-18-13)12-6-5-7-14(9-12)20-2/h5-7,9-10H,3-4,8,11H2,1-2H3,(H,17,19). The first-order chi connectivity index (χ1) is 10.2. The van der Waals surface area contributed by atoms with Crippen LogP contribution in [0.4, 0.5) is 0 Å². The number of unbranched alkanes of at least 4 members (excludes halogenated alkanes) is 1. The second-order valence-corrected chi connectivity index (χ2v) is 4.79. The Morgan fingerprint density at radius 1 is 1.38 bits per heavy atom. The zero-order valence-electron chi connectivity index (χ0n) is 12.4. The van der Waals surface area contributed by atoms with Crippen LogP contribution in [0.5, 0.6) is 5.75 Å². The minimum Gasteiger partial charge on any atom is -0.497 e. The van der Waals surface area contributed by atoms with Crippen LogP contribution >= 0.6 is 0 Å². The van der Waals surface area contributed by atoms with Gasteiger partial charge in [-0.2, -0.15) is 0 Å². The molecular formula is C16H20N2O3. The van der Waals surface area contributed by atoms with Crippen molar-refractivity contribution in [2.75, 3.05) is 13.7 Å². The van der Waals surface area contributed by atoms with E-state index in [-0.39, 0.29) is 12.3 Å². The monoisotopic (exact) mass is 288 g/mol. The molecule has 5 heteroatoms. The number of hydrogen-bond acceptors (Lipinski definition) is 4. The maximum atomic E-state index is 11.7. The van der Waals surface area contributed by atoms with Crippen LogP contribution in [-0.4, -0.2) is 24.7 Å². The van der Waals surface area contributed by atoms with E-state index in [9.17, 15) is 4.79 Å². The molecule has 0 aliphatic carbocycles. The Hall–Kier alpha value is -2.30. The molecule has 1 N–H and O–H groups in total. The summed E-state index contributed by atoms with van der Waals surface area (Å²) < 4.78 is 10.5. The Bertz CT molecular complexity index is 593. The van der Waals surface area contributed by atoms with Crippen LogP contribution in [0.25, 0.3) is 11.3 Å². The lowest BCUT2D eigenvalue weighted by Crippen LogP contribution is -2.26. The molecule has 1 amide bonds. The molecule has 1 aromatic heterocycles. The summed E-state index contributed by atoms with van der Waals surface area (Å²) in [6.07, 6.45) is 2.28. The van der Waals surface area contributed by atoms with Crippen molar-refractivity contribution in [2.24, 2.45) is 0 Å². The highest BCUT2D eigenvalue weighted by atomic mass is 16.5. The van der Waals surface area contributed by atoms with E-state index < -0.39 is 0 Å². The van der Waals surface area contributed by atoms with E-state index >= 15 is 0 Å². The maximum absolute atomic E-state index is 11.7. The number of methoxy groups -OCH3 is 1. The van der Waals surface area contributed by atoms with Crippen molar-refractivity contribution in [3.05, 3.63) is 36.0 Å². The van der Waals surface area contributed by atoms with Gasteiger partial charge < -0.3 is 14.6 Å². The SMILES string of the molecule is CCCCNC(=O)Cc1cc(-c2cccc(OC)c2)on1. The van der Waals surface area contributed by atoms with Gasteiger partial charge >= 0.3 is 0 Å².